The van der Waals surface area contributed by atoms with Gasteiger partial charge in [-0.05, 0) is 43.7 Å². The molecule has 1 heterocycles. The molecular formula is C25H24N2O4. The molecule has 1 aliphatic rings. The first-order valence-electron chi connectivity index (χ1n) is 10.1. The summed E-state index contributed by atoms with van der Waals surface area (Å²) < 4.78 is 6.06. The molecule has 0 radical (unpaired) electrons. The summed E-state index contributed by atoms with van der Waals surface area (Å²) in [7, 11) is 0. The van der Waals surface area contributed by atoms with Crippen LogP contribution in [0.15, 0.2) is 78.9 Å². The lowest BCUT2D eigenvalue weighted by Crippen LogP contribution is -2.54. The van der Waals surface area contributed by atoms with Crippen molar-refractivity contribution >= 4 is 18.0 Å². The average Bonchev–Trinajstić information content (AvgIpc) is 2.91. The Bertz CT molecular complexity index is 1080. The highest BCUT2D eigenvalue weighted by Gasteiger charge is 2.39. The van der Waals surface area contributed by atoms with Crippen LogP contribution in [0.1, 0.15) is 29.8 Å². The lowest BCUT2D eigenvalue weighted by Gasteiger charge is -2.40. The van der Waals surface area contributed by atoms with E-state index in [1.165, 1.54) is 5.06 Å². The van der Waals surface area contributed by atoms with Crippen LogP contribution in [-0.2, 0) is 16.2 Å². The van der Waals surface area contributed by atoms with Gasteiger partial charge in [0.15, 0.2) is 5.75 Å². The first-order valence-corrected chi connectivity index (χ1v) is 10.1. The maximum atomic E-state index is 13.6. The highest BCUT2D eigenvalue weighted by molar-refractivity contribution is 6.10. The zero-order valence-corrected chi connectivity index (χ0v) is 17.5. The predicted octanol–water partition coefficient (Wildman–Crippen LogP) is 4.81. The highest BCUT2D eigenvalue weighted by atomic mass is 16.7. The quantitative estimate of drug-likeness (QED) is 0.410. The second-order valence-corrected chi connectivity index (χ2v) is 7.96. The van der Waals surface area contributed by atoms with Crippen molar-refractivity contribution < 1.29 is 19.2 Å². The van der Waals surface area contributed by atoms with Gasteiger partial charge in [-0.1, -0.05) is 54.6 Å². The molecule has 0 bridgehead atoms. The second kappa shape index (κ2) is 8.62. The van der Waals surface area contributed by atoms with Crippen molar-refractivity contribution in [1.29, 1.82) is 0 Å². The molecule has 2 amide bonds. The van der Waals surface area contributed by atoms with Gasteiger partial charge in [0.05, 0.1) is 23.3 Å². The minimum absolute atomic E-state index is 0.172. The van der Waals surface area contributed by atoms with Gasteiger partial charge in [0.25, 0.3) is 5.91 Å². The minimum Gasteiger partial charge on any atom is -0.454 e. The molecule has 0 aliphatic carbocycles. The monoisotopic (exact) mass is 416 g/mol. The van der Waals surface area contributed by atoms with Gasteiger partial charge < -0.3 is 4.74 Å². The fourth-order valence-corrected chi connectivity index (χ4v) is 3.71. The van der Waals surface area contributed by atoms with Crippen molar-refractivity contribution in [3.05, 3.63) is 90.0 Å². The van der Waals surface area contributed by atoms with Gasteiger partial charge in [-0.3, -0.25) is 19.3 Å². The Balaban J connectivity index is 1.63. The first-order chi connectivity index (χ1) is 15.0. The van der Waals surface area contributed by atoms with E-state index in [4.69, 9.17) is 9.57 Å². The lowest BCUT2D eigenvalue weighted by molar-refractivity contribution is -0.181. The standard InChI is InChI=1S/C25H24N2O4/c1-25(2,17-26(18-28)30-16-19-10-4-3-5-11-19)27-21-13-7-9-15-23(21)31-22-14-8-6-12-20(22)24(27)29/h3-15,18H,16-17H2,1-2H3. The number of hydrogen-bond acceptors (Lipinski definition) is 4. The first kappa shape index (κ1) is 20.6. The lowest BCUT2D eigenvalue weighted by atomic mass is 9.99. The summed E-state index contributed by atoms with van der Waals surface area (Å²) in [6, 6.07) is 24.2. The Labute approximate surface area is 181 Å². The fraction of sp³-hybridized carbons (Fsp3) is 0.200. The Hall–Kier alpha value is -3.64. The molecular weight excluding hydrogens is 392 g/mol. The normalized spacial score (nSPS) is 13.0. The number of carbonyl (C=O) groups is 2. The Kier molecular flexibility index (Phi) is 5.73. The molecule has 4 rings (SSSR count). The zero-order chi connectivity index (χ0) is 21.8. The molecule has 0 N–H and O–H groups in total. The molecule has 0 unspecified atom stereocenters. The van der Waals surface area contributed by atoms with Crippen LogP contribution in [0.5, 0.6) is 11.5 Å². The number of nitrogens with zero attached hydrogens (tertiary/aromatic N) is 2. The molecule has 0 spiro atoms. The molecule has 1 aliphatic heterocycles. The number of carbonyl (C=O) groups excluding carboxylic acids is 2. The maximum absolute atomic E-state index is 13.6. The van der Waals surface area contributed by atoms with Gasteiger partial charge in [-0.25, -0.2) is 5.06 Å². The van der Waals surface area contributed by atoms with E-state index in [1.54, 1.807) is 17.0 Å². The van der Waals surface area contributed by atoms with Crippen LogP contribution in [0.4, 0.5) is 5.69 Å². The van der Waals surface area contributed by atoms with E-state index in [1.807, 2.05) is 80.6 Å². The van der Waals surface area contributed by atoms with E-state index in [0.717, 1.165) is 5.56 Å². The predicted molar refractivity (Wildman–Crippen MR) is 118 cm³/mol. The third kappa shape index (κ3) is 4.29. The molecule has 3 aromatic carbocycles. The minimum atomic E-state index is -0.786. The summed E-state index contributed by atoms with van der Waals surface area (Å²) in [5, 5.41) is 1.24. The van der Waals surface area contributed by atoms with Crippen molar-refractivity contribution in [2.75, 3.05) is 11.4 Å². The number of hydrogen-bond donors (Lipinski definition) is 0. The van der Waals surface area contributed by atoms with Gasteiger partial charge in [-0.2, -0.15) is 0 Å². The number of fused-ring (bicyclic) bond motifs is 2. The summed E-state index contributed by atoms with van der Waals surface area (Å²) in [5.41, 5.74) is 1.27. The largest absolute Gasteiger partial charge is 0.454 e. The maximum Gasteiger partial charge on any atom is 0.262 e. The molecule has 0 saturated heterocycles. The van der Waals surface area contributed by atoms with Crippen LogP contribution < -0.4 is 9.64 Å². The van der Waals surface area contributed by atoms with E-state index in [9.17, 15) is 9.59 Å². The number of hydroxylamine groups is 2. The van der Waals surface area contributed by atoms with Gasteiger partial charge in [0, 0.05) is 0 Å². The topological polar surface area (TPSA) is 59.1 Å². The van der Waals surface area contributed by atoms with Crippen LogP contribution in [0, 0.1) is 0 Å². The number of amides is 2. The number of anilines is 1. The summed E-state index contributed by atoms with van der Waals surface area (Å²) in [6.07, 6.45) is 0.642. The summed E-state index contributed by atoms with van der Waals surface area (Å²) in [5.74, 6) is 0.891. The summed E-state index contributed by atoms with van der Waals surface area (Å²) in [4.78, 5) is 32.7. The molecule has 0 aromatic heterocycles. The fourth-order valence-electron chi connectivity index (χ4n) is 3.71. The highest BCUT2D eigenvalue weighted by Crippen LogP contribution is 2.41. The average molecular weight is 416 g/mol. The van der Waals surface area contributed by atoms with Crippen molar-refractivity contribution in [2.45, 2.75) is 26.0 Å². The third-order valence-corrected chi connectivity index (χ3v) is 5.15. The van der Waals surface area contributed by atoms with Crippen LogP contribution >= 0.6 is 0 Å². The number of ether oxygens (including phenoxy) is 1. The van der Waals surface area contributed by atoms with Crippen molar-refractivity contribution in [3.8, 4) is 11.5 Å². The Morgan fingerprint density at radius 1 is 0.935 bits per heavy atom. The molecule has 158 valence electrons. The van der Waals surface area contributed by atoms with Crippen LogP contribution in [0.2, 0.25) is 0 Å². The molecule has 0 atom stereocenters. The van der Waals surface area contributed by atoms with Crippen molar-refractivity contribution in [3.63, 3.8) is 0 Å². The van der Waals surface area contributed by atoms with Gasteiger partial charge in [0.1, 0.15) is 12.4 Å². The Morgan fingerprint density at radius 2 is 1.58 bits per heavy atom. The van der Waals surface area contributed by atoms with Crippen LogP contribution in [0.25, 0.3) is 0 Å². The Morgan fingerprint density at radius 3 is 2.32 bits per heavy atom. The molecule has 6 nitrogen and oxygen atoms in total. The SMILES string of the molecule is CC(C)(CN(C=O)OCc1ccccc1)N1C(=O)c2ccccc2Oc2ccccc21. The molecule has 0 fully saturated rings. The van der Waals surface area contributed by atoms with Crippen molar-refractivity contribution in [1.82, 2.24) is 5.06 Å². The van der Waals surface area contributed by atoms with Gasteiger partial charge in [0.2, 0.25) is 6.41 Å². The number of para-hydroxylation sites is 3. The van der Waals surface area contributed by atoms with E-state index in [0.29, 0.717) is 29.2 Å². The molecule has 6 heteroatoms. The smallest absolute Gasteiger partial charge is 0.262 e. The van der Waals surface area contributed by atoms with Gasteiger partial charge in [-0.15, -0.1) is 0 Å². The van der Waals surface area contributed by atoms with Crippen LogP contribution in [0.3, 0.4) is 0 Å². The van der Waals surface area contributed by atoms with E-state index < -0.39 is 5.54 Å². The third-order valence-electron chi connectivity index (χ3n) is 5.15. The number of benzene rings is 3. The van der Waals surface area contributed by atoms with Gasteiger partial charge >= 0.3 is 0 Å². The number of rotatable bonds is 7. The van der Waals surface area contributed by atoms with E-state index in [2.05, 4.69) is 0 Å². The van der Waals surface area contributed by atoms with Crippen LogP contribution in [-0.4, -0.2) is 29.5 Å². The zero-order valence-electron chi connectivity index (χ0n) is 17.5. The van der Waals surface area contributed by atoms with E-state index in [-0.39, 0.29) is 19.1 Å². The second-order valence-electron chi connectivity index (χ2n) is 7.96. The van der Waals surface area contributed by atoms with Crippen molar-refractivity contribution in [2.24, 2.45) is 0 Å². The molecule has 3 aromatic rings. The molecule has 0 saturated carbocycles. The molecule has 31 heavy (non-hydrogen) atoms. The van der Waals surface area contributed by atoms with E-state index >= 15 is 0 Å². The summed E-state index contributed by atoms with van der Waals surface area (Å²) >= 11 is 0. The summed E-state index contributed by atoms with van der Waals surface area (Å²) in [6.45, 7) is 4.23.